The molecule has 12 nitrogen and oxygen atoms in total. The average Bonchev–Trinajstić information content (AvgIpc) is 2.66. The topological polar surface area (TPSA) is 214 Å². The van der Waals surface area contributed by atoms with Gasteiger partial charge >= 0.3 is 5.97 Å². The first-order chi connectivity index (χ1) is 14.2. The van der Waals surface area contributed by atoms with Crippen LogP contribution in [0.1, 0.15) is 47.5 Å². The van der Waals surface area contributed by atoms with Gasteiger partial charge < -0.3 is 37.6 Å². The number of aliphatic hydroxyl groups excluding tert-OH is 1. The Morgan fingerprint density at radius 2 is 1.35 bits per heavy atom. The van der Waals surface area contributed by atoms with Gasteiger partial charge in [-0.25, -0.2) is 4.79 Å². The minimum absolute atomic E-state index is 0.120. The van der Waals surface area contributed by atoms with E-state index in [-0.39, 0.29) is 11.8 Å². The van der Waals surface area contributed by atoms with Crippen LogP contribution < -0.4 is 27.4 Å². The zero-order valence-corrected chi connectivity index (χ0v) is 18.5. The van der Waals surface area contributed by atoms with Gasteiger partial charge in [0.15, 0.2) is 0 Å². The van der Waals surface area contributed by atoms with E-state index in [0.29, 0.717) is 6.42 Å². The first-order valence-corrected chi connectivity index (χ1v) is 10.1. The third-order valence-electron chi connectivity index (χ3n) is 4.89. The van der Waals surface area contributed by atoms with Crippen LogP contribution in [0.4, 0.5) is 0 Å². The number of hydrogen-bond donors (Lipinski definition) is 7. The van der Waals surface area contributed by atoms with Crippen molar-refractivity contribution in [1.29, 1.82) is 0 Å². The van der Waals surface area contributed by atoms with E-state index in [0.717, 1.165) is 0 Å². The molecular weight excluding hydrogens is 410 g/mol. The maximum atomic E-state index is 12.8. The number of carboxylic acid groups (broad SMARTS) is 1. The van der Waals surface area contributed by atoms with Crippen LogP contribution in [-0.4, -0.2) is 70.1 Å². The minimum Gasteiger partial charge on any atom is -0.480 e. The molecule has 178 valence electrons. The van der Waals surface area contributed by atoms with Crippen molar-refractivity contribution in [2.45, 2.75) is 77.7 Å². The Morgan fingerprint density at radius 3 is 1.74 bits per heavy atom. The Hall–Kier alpha value is -2.73. The number of nitrogens with one attached hydrogen (secondary N) is 3. The highest BCUT2D eigenvalue weighted by Crippen LogP contribution is 2.09. The summed E-state index contributed by atoms with van der Waals surface area (Å²) < 4.78 is 0. The molecule has 0 aliphatic carbocycles. The number of nitrogens with two attached hydrogens (primary N) is 2. The van der Waals surface area contributed by atoms with E-state index >= 15 is 0 Å². The SMILES string of the molecule is CCC(C)C(N)C(=O)NC(C(=O)NC(C(=O)NC(CC(N)=O)C(=O)O)C(C)O)C(C)C. The molecule has 6 atom stereocenters. The summed E-state index contributed by atoms with van der Waals surface area (Å²) in [7, 11) is 0. The Bertz CT molecular complexity index is 668. The average molecular weight is 446 g/mol. The van der Waals surface area contributed by atoms with Crippen molar-refractivity contribution < 1.29 is 34.2 Å². The smallest absolute Gasteiger partial charge is 0.326 e. The van der Waals surface area contributed by atoms with Gasteiger partial charge in [-0.15, -0.1) is 0 Å². The molecule has 0 aromatic rings. The lowest BCUT2D eigenvalue weighted by Crippen LogP contribution is -2.61. The van der Waals surface area contributed by atoms with Crippen molar-refractivity contribution in [3.8, 4) is 0 Å². The molecule has 12 heteroatoms. The summed E-state index contributed by atoms with van der Waals surface area (Å²) in [5.74, 6) is -5.28. The highest BCUT2D eigenvalue weighted by atomic mass is 16.4. The van der Waals surface area contributed by atoms with Crippen molar-refractivity contribution in [1.82, 2.24) is 16.0 Å². The number of amides is 4. The molecule has 0 aliphatic heterocycles. The monoisotopic (exact) mass is 445 g/mol. The molecule has 0 radical (unpaired) electrons. The molecule has 0 saturated carbocycles. The first-order valence-electron chi connectivity index (χ1n) is 10.1. The summed E-state index contributed by atoms with van der Waals surface area (Å²) in [6, 6.07) is -5.06. The van der Waals surface area contributed by atoms with Crippen molar-refractivity contribution in [3.63, 3.8) is 0 Å². The van der Waals surface area contributed by atoms with Crippen LogP contribution in [0.3, 0.4) is 0 Å². The quantitative estimate of drug-likeness (QED) is 0.165. The Morgan fingerprint density at radius 1 is 0.871 bits per heavy atom. The zero-order valence-electron chi connectivity index (χ0n) is 18.5. The highest BCUT2D eigenvalue weighted by Gasteiger charge is 2.34. The molecule has 0 saturated heterocycles. The Labute approximate surface area is 181 Å². The lowest BCUT2D eigenvalue weighted by molar-refractivity contribution is -0.144. The highest BCUT2D eigenvalue weighted by molar-refractivity contribution is 5.95. The molecule has 0 fully saturated rings. The summed E-state index contributed by atoms with van der Waals surface area (Å²) in [5, 5.41) is 26.0. The first kappa shape index (κ1) is 28.3. The van der Waals surface area contributed by atoms with Crippen molar-refractivity contribution in [2.75, 3.05) is 0 Å². The molecule has 0 heterocycles. The molecule has 4 amide bonds. The maximum absolute atomic E-state index is 12.8. The Balaban J connectivity index is 5.41. The van der Waals surface area contributed by atoms with Crippen molar-refractivity contribution in [3.05, 3.63) is 0 Å². The normalized spacial score (nSPS) is 16.9. The number of aliphatic hydroxyl groups is 1. The molecule has 0 spiro atoms. The van der Waals surface area contributed by atoms with Crippen molar-refractivity contribution in [2.24, 2.45) is 23.3 Å². The van der Waals surface area contributed by atoms with Crippen LogP contribution in [0, 0.1) is 11.8 Å². The third-order valence-corrected chi connectivity index (χ3v) is 4.89. The van der Waals surface area contributed by atoms with Crippen LogP contribution in [0.5, 0.6) is 0 Å². The van der Waals surface area contributed by atoms with Crippen LogP contribution >= 0.6 is 0 Å². The summed E-state index contributed by atoms with van der Waals surface area (Å²) >= 11 is 0. The van der Waals surface area contributed by atoms with Gasteiger partial charge in [0.2, 0.25) is 23.6 Å². The van der Waals surface area contributed by atoms with Gasteiger partial charge in [-0.1, -0.05) is 34.1 Å². The second-order valence-electron chi connectivity index (χ2n) is 7.94. The molecule has 0 rings (SSSR count). The van der Waals surface area contributed by atoms with E-state index < -0.39 is 66.3 Å². The van der Waals surface area contributed by atoms with E-state index in [1.807, 2.05) is 6.92 Å². The molecule has 6 unspecified atom stereocenters. The van der Waals surface area contributed by atoms with Crippen LogP contribution in [0.2, 0.25) is 0 Å². The standard InChI is InChI=1S/C19H35N5O7/c1-6-9(4)13(21)16(27)23-14(8(2)3)17(28)24-15(10(5)25)18(29)22-11(19(30)31)7-12(20)26/h8-11,13-15,25H,6-7,21H2,1-5H3,(H2,20,26)(H,22,29)(H,23,27)(H,24,28)(H,30,31). The minimum atomic E-state index is -1.63. The van der Waals surface area contributed by atoms with Gasteiger partial charge in [-0.2, -0.15) is 0 Å². The summed E-state index contributed by atoms with van der Waals surface area (Å²) in [4.78, 5) is 59.8. The Kier molecular flexibility index (Phi) is 11.7. The summed E-state index contributed by atoms with van der Waals surface area (Å²) in [6.07, 6.45) is -1.41. The number of carbonyl (C=O) groups is 5. The molecule has 0 bridgehead atoms. The zero-order chi connectivity index (χ0) is 24.5. The number of aliphatic carboxylic acids is 1. The van der Waals surface area contributed by atoms with E-state index in [2.05, 4.69) is 16.0 Å². The summed E-state index contributed by atoms with van der Waals surface area (Å²) in [6.45, 7) is 8.23. The van der Waals surface area contributed by atoms with Crippen LogP contribution in [0.25, 0.3) is 0 Å². The fourth-order valence-electron chi connectivity index (χ4n) is 2.61. The number of primary amides is 1. The molecule has 0 aliphatic rings. The number of carbonyl (C=O) groups excluding carboxylic acids is 4. The lowest BCUT2D eigenvalue weighted by atomic mass is 9.97. The van der Waals surface area contributed by atoms with Gasteiger partial charge in [0.1, 0.15) is 18.1 Å². The van der Waals surface area contributed by atoms with E-state index in [1.165, 1.54) is 6.92 Å². The second kappa shape index (κ2) is 12.8. The third kappa shape index (κ3) is 9.30. The summed E-state index contributed by atoms with van der Waals surface area (Å²) in [5.41, 5.74) is 10.9. The number of rotatable bonds is 13. The van der Waals surface area contributed by atoms with Gasteiger partial charge in [-0.05, 0) is 18.8 Å². The van der Waals surface area contributed by atoms with Crippen LogP contribution in [-0.2, 0) is 24.0 Å². The fraction of sp³-hybridized carbons (Fsp3) is 0.737. The predicted molar refractivity (Wildman–Crippen MR) is 111 cm³/mol. The number of carboxylic acids is 1. The van der Waals surface area contributed by atoms with Gasteiger partial charge in [0.05, 0.1) is 18.6 Å². The van der Waals surface area contributed by atoms with E-state index in [4.69, 9.17) is 16.6 Å². The van der Waals surface area contributed by atoms with Crippen LogP contribution in [0.15, 0.2) is 0 Å². The van der Waals surface area contributed by atoms with E-state index in [9.17, 15) is 29.1 Å². The molecule has 31 heavy (non-hydrogen) atoms. The number of hydrogen-bond acceptors (Lipinski definition) is 7. The van der Waals surface area contributed by atoms with Gasteiger partial charge in [0.25, 0.3) is 0 Å². The molecule has 9 N–H and O–H groups in total. The molecular formula is C19H35N5O7. The maximum Gasteiger partial charge on any atom is 0.326 e. The largest absolute Gasteiger partial charge is 0.480 e. The van der Waals surface area contributed by atoms with Crippen molar-refractivity contribution >= 4 is 29.6 Å². The lowest BCUT2D eigenvalue weighted by Gasteiger charge is -2.28. The second-order valence-corrected chi connectivity index (χ2v) is 7.94. The predicted octanol–water partition coefficient (Wildman–Crippen LogP) is -2.19. The van der Waals surface area contributed by atoms with Gasteiger partial charge in [0, 0.05) is 0 Å². The fourth-order valence-corrected chi connectivity index (χ4v) is 2.61. The molecule has 0 aromatic carbocycles. The van der Waals surface area contributed by atoms with E-state index in [1.54, 1.807) is 20.8 Å². The molecule has 0 aromatic heterocycles. The van der Waals surface area contributed by atoms with Gasteiger partial charge in [-0.3, -0.25) is 19.2 Å².